The van der Waals surface area contributed by atoms with Crippen LogP contribution in [0.4, 0.5) is 0 Å². The first kappa shape index (κ1) is 28.3. The third kappa shape index (κ3) is 7.68. The lowest BCUT2D eigenvalue weighted by Crippen LogP contribution is -1.84. The second kappa shape index (κ2) is 14.5. The van der Waals surface area contributed by atoms with Crippen LogP contribution in [0.3, 0.4) is 0 Å². The number of rotatable bonds is 4. The van der Waals surface area contributed by atoms with Gasteiger partial charge in [-0.3, -0.25) is 0 Å². The van der Waals surface area contributed by atoms with E-state index in [0.717, 1.165) is 0 Å². The van der Waals surface area contributed by atoms with E-state index in [1.807, 2.05) is 13.8 Å². The molecule has 0 aliphatic heterocycles. The number of hydrogen-bond acceptors (Lipinski definition) is 0. The molecule has 0 N–H and O–H groups in total. The normalized spacial score (nSPS) is 10.0. The standard InChI is InChI=1S/2C19H16.C2H6/c2*1-15-12-18(16-8-4-2-5-9-16)14-19(13-15)17-10-6-3-7-11-17;1-2/h2*2-14H,1H3;1-2H3. The predicted octanol–water partition coefficient (Wildman–Crippen LogP) is 11.7. The molecule has 40 heavy (non-hydrogen) atoms. The van der Waals surface area contributed by atoms with Gasteiger partial charge < -0.3 is 0 Å². The highest BCUT2D eigenvalue weighted by Gasteiger charge is 2.04. The summed E-state index contributed by atoms with van der Waals surface area (Å²) in [6, 6.07) is 55.6. The molecule has 0 aliphatic carbocycles. The summed E-state index contributed by atoms with van der Waals surface area (Å²) >= 11 is 0. The molecule has 6 rings (SSSR count). The van der Waals surface area contributed by atoms with Crippen molar-refractivity contribution in [3.8, 4) is 44.5 Å². The fraction of sp³-hybridized carbons (Fsp3) is 0.100. The van der Waals surface area contributed by atoms with Crippen molar-refractivity contribution in [3.63, 3.8) is 0 Å². The highest BCUT2D eigenvalue weighted by molar-refractivity contribution is 5.75. The van der Waals surface area contributed by atoms with E-state index in [1.165, 1.54) is 55.6 Å². The van der Waals surface area contributed by atoms with E-state index >= 15 is 0 Å². The summed E-state index contributed by atoms with van der Waals surface area (Å²) in [5.41, 5.74) is 12.8. The van der Waals surface area contributed by atoms with Crippen molar-refractivity contribution in [1.82, 2.24) is 0 Å². The quantitative estimate of drug-likeness (QED) is 0.218. The molecule has 0 fully saturated rings. The van der Waals surface area contributed by atoms with Gasteiger partial charge in [-0.25, -0.2) is 0 Å². The van der Waals surface area contributed by atoms with Crippen LogP contribution in [0.5, 0.6) is 0 Å². The Hall–Kier alpha value is -4.68. The minimum atomic E-state index is 1.27. The Bertz CT molecular complexity index is 1340. The molecule has 0 aromatic heterocycles. The van der Waals surface area contributed by atoms with Crippen LogP contribution in [0.1, 0.15) is 25.0 Å². The van der Waals surface area contributed by atoms with Gasteiger partial charge in [-0.15, -0.1) is 0 Å². The van der Waals surface area contributed by atoms with E-state index in [-0.39, 0.29) is 0 Å². The van der Waals surface area contributed by atoms with Crippen molar-refractivity contribution in [2.45, 2.75) is 27.7 Å². The Labute approximate surface area is 240 Å². The average Bonchev–Trinajstić information content (AvgIpc) is 3.03. The molecule has 0 saturated carbocycles. The van der Waals surface area contributed by atoms with E-state index in [2.05, 4.69) is 172 Å². The number of hydrogen-bond donors (Lipinski definition) is 0. The van der Waals surface area contributed by atoms with Gasteiger partial charge in [-0.05, 0) is 81.6 Å². The van der Waals surface area contributed by atoms with Gasteiger partial charge in [-0.1, -0.05) is 159 Å². The van der Waals surface area contributed by atoms with Crippen LogP contribution in [-0.2, 0) is 0 Å². The molecule has 0 heterocycles. The van der Waals surface area contributed by atoms with Crippen LogP contribution in [0.15, 0.2) is 158 Å². The van der Waals surface area contributed by atoms with E-state index in [1.54, 1.807) is 0 Å². The zero-order valence-corrected chi connectivity index (χ0v) is 24.0. The molecule has 0 aliphatic rings. The van der Waals surface area contributed by atoms with E-state index < -0.39 is 0 Å². The zero-order chi connectivity index (χ0) is 28.2. The smallest absolute Gasteiger partial charge is 0.0175 e. The first-order chi connectivity index (χ1) is 19.7. The minimum Gasteiger partial charge on any atom is -0.0683 e. The fourth-order valence-electron chi connectivity index (χ4n) is 4.76. The molecule has 0 atom stereocenters. The largest absolute Gasteiger partial charge is 0.0683 e. The zero-order valence-electron chi connectivity index (χ0n) is 24.0. The summed E-state index contributed by atoms with van der Waals surface area (Å²) in [5.74, 6) is 0. The van der Waals surface area contributed by atoms with E-state index in [0.29, 0.717) is 0 Å². The van der Waals surface area contributed by atoms with Gasteiger partial charge in [0.2, 0.25) is 0 Å². The lowest BCUT2D eigenvalue weighted by molar-refractivity contribution is 1.46. The van der Waals surface area contributed by atoms with Crippen LogP contribution < -0.4 is 0 Å². The summed E-state index contributed by atoms with van der Waals surface area (Å²) < 4.78 is 0. The Kier molecular flexibility index (Phi) is 10.2. The number of aryl methyl sites for hydroxylation is 2. The lowest BCUT2D eigenvalue weighted by Gasteiger charge is -2.08. The van der Waals surface area contributed by atoms with Gasteiger partial charge in [0, 0.05) is 0 Å². The van der Waals surface area contributed by atoms with Crippen molar-refractivity contribution in [3.05, 3.63) is 169 Å². The molecule has 0 radical (unpaired) electrons. The van der Waals surface area contributed by atoms with Gasteiger partial charge in [0.05, 0.1) is 0 Å². The molecular weight excluding hydrogens is 480 g/mol. The number of benzene rings is 6. The molecule has 0 amide bonds. The summed E-state index contributed by atoms with van der Waals surface area (Å²) in [6.45, 7) is 8.30. The predicted molar refractivity (Wildman–Crippen MR) is 175 cm³/mol. The van der Waals surface area contributed by atoms with Crippen LogP contribution in [-0.4, -0.2) is 0 Å². The maximum absolute atomic E-state index is 2.26. The highest BCUT2D eigenvalue weighted by Crippen LogP contribution is 2.29. The molecule has 6 aromatic rings. The first-order valence-electron chi connectivity index (χ1n) is 14.1. The summed E-state index contributed by atoms with van der Waals surface area (Å²) in [5, 5.41) is 0. The topological polar surface area (TPSA) is 0 Å². The molecule has 0 saturated heterocycles. The maximum atomic E-state index is 2.26. The Morgan fingerprint density at radius 3 is 0.650 bits per heavy atom. The summed E-state index contributed by atoms with van der Waals surface area (Å²) in [4.78, 5) is 0. The molecular formula is C40H38. The van der Waals surface area contributed by atoms with Crippen LogP contribution in [0.25, 0.3) is 44.5 Å². The Balaban J connectivity index is 0.000000174. The van der Waals surface area contributed by atoms with Crippen LogP contribution in [0.2, 0.25) is 0 Å². The monoisotopic (exact) mass is 518 g/mol. The van der Waals surface area contributed by atoms with Crippen LogP contribution >= 0.6 is 0 Å². The second-order valence-corrected chi connectivity index (χ2v) is 9.64. The minimum absolute atomic E-state index is 1.27. The van der Waals surface area contributed by atoms with Gasteiger partial charge in [0.15, 0.2) is 0 Å². The molecule has 6 aromatic carbocycles. The van der Waals surface area contributed by atoms with Gasteiger partial charge in [0.25, 0.3) is 0 Å². The van der Waals surface area contributed by atoms with Gasteiger partial charge in [0.1, 0.15) is 0 Å². The first-order valence-corrected chi connectivity index (χ1v) is 14.1. The molecule has 0 heteroatoms. The van der Waals surface area contributed by atoms with Crippen molar-refractivity contribution >= 4 is 0 Å². The van der Waals surface area contributed by atoms with Crippen molar-refractivity contribution in [2.24, 2.45) is 0 Å². The molecule has 0 bridgehead atoms. The average molecular weight is 519 g/mol. The maximum Gasteiger partial charge on any atom is -0.0175 e. The van der Waals surface area contributed by atoms with Gasteiger partial charge >= 0.3 is 0 Å². The van der Waals surface area contributed by atoms with Crippen molar-refractivity contribution in [1.29, 1.82) is 0 Å². The van der Waals surface area contributed by atoms with Crippen LogP contribution in [0, 0.1) is 13.8 Å². The molecule has 0 unspecified atom stereocenters. The fourth-order valence-corrected chi connectivity index (χ4v) is 4.76. The SMILES string of the molecule is CC.Cc1cc(-c2ccccc2)cc(-c2ccccc2)c1.Cc1cc(-c2ccccc2)cc(-c2ccccc2)c1. The molecule has 0 spiro atoms. The second-order valence-electron chi connectivity index (χ2n) is 9.64. The third-order valence-electron chi connectivity index (χ3n) is 6.58. The van der Waals surface area contributed by atoms with Gasteiger partial charge in [-0.2, -0.15) is 0 Å². The van der Waals surface area contributed by atoms with E-state index in [4.69, 9.17) is 0 Å². The third-order valence-corrected chi connectivity index (χ3v) is 6.58. The van der Waals surface area contributed by atoms with Crippen molar-refractivity contribution in [2.75, 3.05) is 0 Å². The van der Waals surface area contributed by atoms with Crippen molar-refractivity contribution < 1.29 is 0 Å². The Morgan fingerprint density at radius 1 is 0.250 bits per heavy atom. The highest BCUT2D eigenvalue weighted by atomic mass is 14.1. The summed E-state index contributed by atoms with van der Waals surface area (Å²) in [7, 11) is 0. The summed E-state index contributed by atoms with van der Waals surface area (Å²) in [6.07, 6.45) is 0. The molecule has 198 valence electrons. The Morgan fingerprint density at radius 2 is 0.450 bits per heavy atom. The molecule has 0 nitrogen and oxygen atoms in total. The van der Waals surface area contributed by atoms with E-state index in [9.17, 15) is 0 Å². The lowest BCUT2D eigenvalue weighted by atomic mass is 9.97.